The van der Waals surface area contributed by atoms with Gasteiger partial charge in [0.1, 0.15) is 11.3 Å². The maximum Gasteiger partial charge on any atom is 0.184 e. The molecule has 0 aliphatic rings. The van der Waals surface area contributed by atoms with E-state index in [2.05, 4.69) is 20.5 Å². The van der Waals surface area contributed by atoms with E-state index in [1.165, 1.54) is 11.3 Å². The van der Waals surface area contributed by atoms with Crippen LogP contribution in [0.25, 0.3) is 0 Å². The van der Waals surface area contributed by atoms with E-state index in [4.69, 9.17) is 5.73 Å². The summed E-state index contributed by atoms with van der Waals surface area (Å²) in [5.41, 5.74) is 5.57. The molecule has 0 aliphatic carbocycles. The molecular weight excluding hydrogens is 212 g/mol. The van der Waals surface area contributed by atoms with Gasteiger partial charge in [0, 0.05) is 6.54 Å². The number of hydrogen-bond acceptors (Lipinski definition) is 6. The van der Waals surface area contributed by atoms with E-state index in [-0.39, 0.29) is 0 Å². The standard InChI is InChI=1S/C8H12N6S/c1-2-14-5-12-13-7(14)4-11-8-10-3-6(9)15-8/h3,5H,2,4,9H2,1H3,(H,10,11). The molecule has 0 atom stereocenters. The second-order valence-corrected chi connectivity index (χ2v) is 4.02. The first kappa shape index (κ1) is 9.91. The average molecular weight is 224 g/mol. The number of nitrogens with two attached hydrogens (primary N) is 1. The lowest BCUT2D eigenvalue weighted by atomic mass is 10.5. The Morgan fingerprint density at radius 1 is 1.60 bits per heavy atom. The van der Waals surface area contributed by atoms with Crippen LogP contribution < -0.4 is 11.1 Å². The van der Waals surface area contributed by atoms with Gasteiger partial charge in [0.15, 0.2) is 11.0 Å². The van der Waals surface area contributed by atoms with Crippen LogP contribution >= 0.6 is 11.3 Å². The van der Waals surface area contributed by atoms with Crippen molar-refractivity contribution in [1.82, 2.24) is 19.7 Å². The molecule has 2 heterocycles. The molecule has 3 N–H and O–H groups in total. The Kier molecular flexibility index (Phi) is 2.82. The summed E-state index contributed by atoms with van der Waals surface area (Å²) < 4.78 is 1.98. The molecule has 80 valence electrons. The van der Waals surface area contributed by atoms with Crippen molar-refractivity contribution in [2.24, 2.45) is 0 Å². The van der Waals surface area contributed by atoms with Gasteiger partial charge in [-0.1, -0.05) is 11.3 Å². The molecule has 0 amide bonds. The molecule has 7 heteroatoms. The monoisotopic (exact) mass is 224 g/mol. The third kappa shape index (κ3) is 2.24. The van der Waals surface area contributed by atoms with Crippen molar-refractivity contribution in [2.45, 2.75) is 20.0 Å². The lowest BCUT2D eigenvalue weighted by Gasteiger charge is -2.03. The highest BCUT2D eigenvalue weighted by Gasteiger charge is 2.03. The van der Waals surface area contributed by atoms with Gasteiger partial charge in [0.25, 0.3) is 0 Å². The van der Waals surface area contributed by atoms with Gasteiger partial charge in [-0.15, -0.1) is 10.2 Å². The molecule has 0 saturated heterocycles. The van der Waals surface area contributed by atoms with E-state index in [1.54, 1.807) is 12.5 Å². The van der Waals surface area contributed by atoms with Crippen LogP contribution in [0, 0.1) is 0 Å². The summed E-state index contributed by atoms with van der Waals surface area (Å²) in [7, 11) is 0. The number of anilines is 2. The van der Waals surface area contributed by atoms with Crippen molar-refractivity contribution in [1.29, 1.82) is 0 Å². The second-order valence-electron chi connectivity index (χ2n) is 2.95. The van der Waals surface area contributed by atoms with E-state index < -0.39 is 0 Å². The number of aromatic nitrogens is 4. The SMILES string of the molecule is CCn1cnnc1CNc1ncc(N)s1. The Bertz CT molecular complexity index is 434. The molecule has 2 rings (SSSR count). The first-order valence-electron chi connectivity index (χ1n) is 4.61. The Hall–Kier alpha value is -1.63. The van der Waals surface area contributed by atoms with E-state index in [0.717, 1.165) is 17.5 Å². The van der Waals surface area contributed by atoms with E-state index in [9.17, 15) is 0 Å². The van der Waals surface area contributed by atoms with Crippen LogP contribution in [-0.4, -0.2) is 19.7 Å². The predicted octanol–water partition coefficient (Wildman–Crippen LogP) is 0.949. The molecule has 2 aromatic heterocycles. The topological polar surface area (TPSA) is 81.7 Å². The Labute approximate surface area is 91.2 Å². The molecule has 0 unspecified atom stereocenters. The maximum absolute atomic E-state index is 5.57. The van der Waals surface area contributed by atoms with Crippen molar-refractivity contribution in [3.8, 4) is 0 Å². The summed E-state index contributed by atoms with van der Waals surface area (Å²) in [5.74, 6) is 0.895. The highest BCUT2D eigenvalue weighted by atomic mass is 32.1. The molecule has 0 fully saturated rings. The fraction of sp³-hybridized carbons (Fsp3) is 0.375. The van der Waals surface area contributed by atoms with Gasteiger partial charge in [-0.25, -0.2) is 4.98 Å². The number of nitrogens with one attached hydrogen (secondary N) is 1. The average Bonchev–Trinajstić information content (AvgIpc) is 2.83. The van der Waals surface area contributed by atoms with Crippen LogP contribution in [0.1, 0.15) is 12.7 Å². The Balaban J connectivity index is 1.98. The zero-order valence-corrected chi connectivity index (χ0v) is 9.16. The van der Waals surface area contributed by atoms with E-state index in [0.29, 0.717) is 11.5 Å². The number of nitrogens with zero attached hydrogens (tertiary/aromatic N) is 4. The van der Waals surface area contributed by atoms with E-state index >= 15 is 0 Å². The molecule has 0 aliphatic heterocycles. The van der Waals surface area contributed by atoms with Crippen molar-refractivity contribution < 1.29 is 0 Å². The summed E-state index contributed by atoms with van der Waals surface area (Å²) in [6.07, 6.45) is 3.35. The number of aryl methyl sites for hydroxylation is 1. The summed E-state index contributed by atoms with van der Waals surface area (Å²) in [6, 6.07) is 0. The van der Waals surface area contributed by atoms with Gasteiger partial charge >= 0.3 is 0 Å². The third-order valence-corrected chi connectivity index (χ3v) is 2.74. The third-order valence-electron chi connectivity index (χ3n) is 1.96. The molecule has 0 aromatic carbocycles. The maximum atomic E-state index is 5.57. The first-order valence-corrected chi connectivity index (χ1v) is 5.43. The van der Waals surface area contributed by atoms with Crippen LogP contribution in [0.4, 0.5) is 10.1 Å². The van der Waals surface area contributed by atoms with Gasteiger partial charge in [-0.2, -0.15) is 0 Å². The largest absolute Gasteiger partial charge is 0.389 e. The first-order chi connectivity index (χ1) is 7.29. The number of nitrogen functional groups attached to an aromatic ring is 1. The normalized spacial score (nSPS) is 10.5. The van der Waals surface area contributed by atoms with Gasteiger partial charge in [0.2, 0.25) is 0 Å². The van der Waals surface area contributed by atoms with Crippen LogP contribution in [0.15, 0.2) is 12.5 Å². The smallest absolute Gasteiger partial charge is 0.184 e. The van der Waals surface area contributed by atoms with Gasteiger partial charge in [0.05, 0.1) is 12.7 Å². The van der Waals surface area contributed by atoms with Crippen molar-refractivity contribution in [3.05, 3.63) is 18.3 Å². The van der Waals surface area contributed by atoms with Crippen molar-refractivity contribution in [3.63, 3.8) is 0 Å². The Morgan fingerprint density at radius 3 is 3.13 bits per heavy atom. The van der Waals surface area contributed by atoms with Crippen LogP contribution in [-0.2, 0) is 13.1 Å². The van der Waals surface area contributed by atoms with Gasteiger partial charge in [-0.3, -0.25) is 0 Å². The predicted molar refractivity (Wildman–Crippen MR) is 59.5 cm³/mol. The molecule has 6 nitrogen and oxygen atoms in total. The van der Waals surface area contributed by atoms with Crippen LogP contribution in [0.5, 0.6) is 0 Å². The minimum Gasteiger partial charge on any atom is -0.389 e. The van der Waals surface area contributed by atoms with Crippen LogP contribution in [0.3, 0.4) is 0 Å². The molecule has 2 aromatic rings. The minimum absolute atomic E-state index is 0.612. The summed E-state index contributed by atoms with van der Waals surface area (Å²) in [6.45, 7) is 3.53. The second kappa shape index (κ2) is 4.26. The lowest BCUT2D eigenvalue weighted by Crippen LogP contribution is -2.07. The Morgan fingerprint density at radius 2 is 2.47 bits per heavy atom. The number of thiazole rings is 1. The number of hydrogen-bond donors (Lipinski definition) is 2. The molecule has 0 bridgehead atoms. The molecule has 0 spiro atoms. The summed E-state index contributed by atoms with van der Waals surface area (Å²) in [5, 5.41) is 12.5. The fourth-order valence-corrected chi connectivity index (χ4v) is 1.78. The lowest BCUT2D eigenvalue weighted by molar-refractivity contribution is 0.708. The van der Waals surface area contributed by atoms with Gasteiger partial charge in [-0.05, 0) is 6.92 Å². The number of rotatable bonds is 4. The van der Waals surface area contributed by atoms with Crippen molar-refractivity contribution in [2.75, 3.05) is 11.1 Å². The quantitative estimate of drug-likeness (QED) is 0.808. The molecule has 0 saturated carbocycles. The highest BCUT2D eigenvalue weighted by molar-refractivity contribution is 7.19. The van der Waals surface area contributed by atoms with Crippen molar-refractivity contribution >= 4 is 21.5 Å². The fourth-order valence-electron chi connectivity index (χ4n) is 1.20. The van der Waals surface area contributed by atoms with Crippen LogP contribution in [0.2, 0.25) is 0 Å². The highest BCUT2D eigenvalue weighted by Crippen LogP contribution is 2.19. The molecule has 0 radical (unpaired) electrons. The zero-order chi connectivity index (χ0) is 10.7. The van der Waals surface area contributed by atoms with E-state index in [1.807, 2.05) is 11.5 Å². The zero-order valence-electron chi connectivity index (χ0n) is 8.34. The molecular formula is C8H12N6S. The minimum atomic E-state index is 0.612. The summed E-state index contributed by atoms with van der Waals surface area (Å²) >= 11 is 1.42. The molecule has 15 heavy (non-hydrogen) atoms. The summed E-state index contributed by atoms with van der Waals surface area (Å²) in [4.78, 5) is 4.10. The van der Waals surface area contributed by atoms with Gasteiger partial charge < -0.3 is 15.6 Å².